The highest BCUT2D eigenvalue weighted by atomic mass is 35.5. The Bertz CT molecular complexity index is 508. The predicted octanol–water partition coefficient (Wildman–Crippen LogP) is 1.79. The van der Waals surface area contributed by atoms with Gasteiger partial charge in [0, 0.05) is 12.8 Å². The molecule has 0 aromatic heterocycles. The first-order chi connectivity index (χ1) is 10.5. The maximum Gasteiger partial charge on any atom is 0.341 e. The number of carbonyl (C=O) groups is 2. The Hall–Kier alpha value is -1.83. The Morgan fingerprint density at radius 3 is 2.68 bits per heavy atom. The van der Waals surface area contributed by atoms with E-state index in [1.54, 1.807) is 13.2 Å². The maximum atomic E-state index is 11.7. The average molecular weight is 332 g/mol. The lowest BCUT2D eigenvalue weighted by Crippen LogP contribution is -2.15. The molecule has 0 atom stereocenters. The third-order valence-electron chi connectivity index (χ3n) is 2.47. The van der Waals surface area contributed by atoms with Crippen LogP contribution >= 0.6 is 11.6 Å². The number of nitrogens with one attached hydrogen (secondary N) is 1. The molecule has 7 nitrogen and oxygen atoms in total. The van der Waals surface area contributed by atoms with Gasteiger partial charge in [0.2, 0.25) is 5.91 Å². The number of carboxylic acid groups (broad SMARTS) is 1. The molecule has 0 aliphatic carbocycles. The van der Waals surface area contributed by atoms with Crippen LogP contribution in [-0.2, 0) is 19.1 Å². The van der Waals surface area contributed by atoms with Crippen molar-refractivity contribution in [1.29, 1.82) is 0 Å². The van der Waals surface area contributed by atoms with Gasteiger partial charge in [0.15, 0.2) is 6.61 Å². The number of carboxylic acids is 1. The predicted molar refractivity (Wildman–Crippen MR) is 80.5 cm³/mol. The van der Waals surface area contributed by atoms with Gasteiger partial charge in [0.1, 0.15) is 5.75 Å². The molecule has 0 heterocycles. The molecule has 0 bridgehead atoms. The smallest absolute Gasteiger partial charge is 0.341 e. The van der Waals surface area contributed by atoms with Crippen molar-refractivity contribution in [2.75, 3.05) is 38.9 Å². The molecule has 0 saturated carbocycles. The lowest BCUT2D eigenvalue weighted by molar-refractivity contribution is -0.139. The third-order valence-corrected chi connectivity index (χ3v) is 2.77. The largest absolute Gasteiger partial charge is 0.480 e. The van der Waals surface area contributed by atoms with E-state index in [1.807, 2.05) is 0 Å². The van der Waals surface area contributed by atoms with Crippen LogP contribution in [0.3, 0.4) is 0 Å². The van der Waals surface area contributed by atoms with E-state index in [0.29, 0.717) is 25.5 Å². The molecule has 0 fully saturated rings. The van der Waals surface area contributed by atoms with Crippen LogP contribution in [-0.4, -0.2) is 50.5 Å². The molecule has 122 valence electrons. The van der Waals surface area contributed by atoms with Crippen molar-refractivity contribution >= 4 is 29.2 Å². The molecule has 0 aliphatic heterocycles. The zero-order valence-electron chi connectivity index (χ0n) is 12.1. The molecule has 0 spiro atoms. The van der Waals surface area contributed by atoms with Crippen LogP contribution in [0.4, 0.5) is 5.69 Å². The van der Waals surface area contributed by atoms with Crippen molar-refractivity contribution in [3.8, 4) is 5.75 Å². The molecule has 22 heavy (non-hydrogen) atoms. The summed E-state index contributed by atoms with van der Waals surface area (Å²) in [7, 11) is 1.57. The summed E-state index contributed by atoms with van der Waals surface area (Å²) in [5.41, 5.74) is 0.495. The van der Waals surface area contributed by atoms with Crippen LogP contribution in [0.25, 0.3) is 0 Å². The summed E-state index contributed by atoms with van der Waals surface area (Å²) < 4.78 is 15.0. The molecule has 0 radical (unpaired) electrons. The molecule has 1 rings (SSSR count). The number of anilines is 1. The number of amides is 1. The Balaban J connectivity index is 2.40. The Morgan fingerprint density at radius 1 is 1.27 bits per heavy atom. The van der Waals surface area contributed by atoms with Crippen molar-refractivity contribution in [1.82, 2.24) is 0 Å². The van der Waals surface area contributed by atoms with Gasteiger partial charge < -0.3 is 24.6 Å². The van der Waals surface area contributed by atoms with E-state index in [9.17, 15) is 9.59 Å². The first-order valence-electron chi connectivity index (χ1n) is 6.53. The Morgan fingerprint density at radius 2 is 2.05 bits per heavy atom. The van der Waals surface area contributed by atoms with Gasteiger partial charge in [-0.1, -0.05) is 11.6 Å². The molecule has 8 heteroatoms. The summed E-state index contributed by atoms with van der Waals surface area (Å²) in [6.45, 7) is 0.729. The van der Waals surface area contributed by atoms with E-state index in [-0.39, 0.29) is 23.1 Å². The molecule has 1 aromatic carbocycles. The fraction of sp³-hybridized carbons (Fsp3) is 0.429. The minimum absolute atomic E-state index is 0.207. The second-order valence-electron chi connectivity index (χ2n) is 4.23. The fourth-order valence-corrected chi connectivity index (χ4v) is 1.70. The summed E-state index contributed by atoms with van der Waals surface area (Å²) >= 11 is 5.95. The van der Waals surface area contributed by atoms with E-state index in [1.165, 1.54) is 12.1 Å². The minimum atomic E-state index is -1.10. The van der Waals surface area contributed by atoms with Gasteiger partial charge in [-0.3, -0.25) is 4.79 Å². The number of hydrogen-bond donors (Lipinski definition) is 2. The summed E-state index contributed by atoms with van der Waals surface area (Å²) in [4.78, 5) is 22.1. The van der Waals surface area contributed by atoms with E-state index in [0.717, 1.165) is 0 Å². The highest BCUT2D eigenvalue weighted by Crippen LogP contribution is 2.27. The fourth-order valence-electron chi connectivity index (χ4n) is 1.47. The number of hydrogen-bond acceptors (Lipinski definition) is 5. The molecule has 0 unspecified atom stereocenters. The number of ether oxygens (including phenoxy) is 3. The number of rotatable bonds is 10. The second kappa shape index (κ2) is 9.99. The standard InChI is InChI=1S/C14H18ClNO6/c1-20-6-7-21-5-4-13(17)16-10-2-3-12(11(15)8-10)22-9-14(18)19/h2-3,8H,4-7,9H2,1H3,(H,16,17)(H,18,19). The molecule has 2 N–H and O–H groups in total. The minimum Gasteiger partial charge on any atom is -0.480 e. The molecular weight excluding hydrogens is 314 g/mol. The maximum absolute atomic E-state index is 11.7. The topological polar surface area (TPSA) is 94.1 Å². The SMILES string of the molecule is COCCOCCC(=O)Nc1ccc(OCC(=O)O)c(Cl)c1. The van der Waals surface area contributed by atoms with Gasteiger partial charge in [-0.25, -0.2) is 4.79 Å². The van der Waals surface area contributed by atoms with E-state index in [2.05, 4.69) is 5.32 Å². The van der Waals surface area contributed by atoms with Crippen molar-refractivity contribution < 1.29 is 28.9 Å². The Labute approximate surface area is 133 Å². The monoisotopic (exact) mass is 331 g/mol. The second-order valence-corrected chi connectivity index (χ2v) is 4.64. The molecule has 0 saturated heterocycles. The van der Waals surface area contributed by atoms with Crippen LogP contribution in [0.15, 0.2) is 18.2 Å². The first kappa shape index (κ1) is 18.2. The third kappa shape index (κ3) is 7.26. The van der Waals surface area contributed by atoms with E-state index in [4.69, 9.17) is 30.9 Å². The first-order valence-corrected chi connectivity index (χ1v) is 6.91. The number of carbonyl (C=O) groups excluding carboxylic acids is 1. The molecule has 1 amide bonds. The normalized spacial score (nSPS) is 10.3. The van der Waals surface area contributed by atoms with Crippen molar-refractivity contribution in [3.05, 3.63) is 23.2 Å². The van der Waals surface area contributed by atoms with Gasteiger partial charge in [0.05, 0.1) is 31.3 Å². The summed E-state index contributed by atoms with van der Waals surface area (Å²) in [5, 5.41) is 11.4. The number of aliphatic carboxylic acids is 1. The van der Waals surface area contributed by atoms with Crippen LogP contribution in [0, 0.1) is 0 Å². The quantitative estimate of drug-likeness (QED) is 0.635. The Kier molecular flexibility index (Phi) is 8.27. The van der Waals surface area contributed by atoms with Crippen LogP contribution in [0.1, 0.15) is 6.42 Å². The van der Waals surface area contributed by atoms with Crippen molar-refractivity contribution in [3.63, 3.8) is 0 Å². The van der Waals surface area contributed by atoms with Crippen LogP contribution < -0.4 is 10.1 Å². The van der Waals surface area contributed by atoms with Crippen molar-refractivity contribution in [2.24, 2.45) is 0 Å². The number of halogens is 1. The zero-order chi connectivity index (χ0) is 16.4. The summed E-state index contributed by atoms with van der Waals surface area (Å²) in [6.07, 6.45) is 0.207. The molecule has 0 aliphatic rings. The molecule has 1 aromatic rings. The van der Waals surface area contributed by atoms with Gasteiger partial charge in [0.25, 0.3) is 0 Å². The summed E-state index contributed by atoms with van der Waals surface area (Å²) in [6, 6.07) is 4.56. The number of benzene rings is 1. The van der Waals surface area contributed by atoms with Gasteiger partial charge in [-0.05, 0) is 18.2 Å². The zero-order valence-corrected chi connectivity index (χ0v) is 12.9. The van der Waals surface area contributed by atoms with Gasteiger partial charge >= 0.3 is 5.97 Å². The van der Waals surface area contributed by atoms with Gasteiger partial charge in [-0.15, -0.1) is 0 Å². The highest BCUT2D eigenvalue weighted by molar-refractivity contribution is 6.32. The van der Waals surface area contributed by atoms with Gasteiger partial charge in [-0.2, -0.15) is 0 Å². The highest BCUT2D eigenvalue weighted by Gasteiger charge is 2.08. The van der Waals surface area contributed by atoms with E-state index >= 15 is 0 Å². The van der Waals surface area contributed by atoms with E-state index < -0.39 is 12.6 Å². The average Bonchev–Trinajstić information content (AvgIpc) is 2.46. The van der Waals surface area contributed by atoms with Crippen molar-refractivity contribution in [2.45, 2.75) is 6.42 Å². The summed E-state index contributed by atoms with van der Waals surface area (Å²) in [5.74, 6) is -1.07. The number of methoxy groups -OCH3 is 1. The molecular formula is C14H18ClNO6. The van der Waals surface area contributed by atoms with Crippen LogP contribution in [0.2, 0.25) is 5.02 Å². The lowest BCUT2D eigenvalue weighted by Gasteiger charge is -2.09. The van der Waals surface area contributed by atoms with Crippen LogP contribution in [0.5, 0.6) is 5.75 Å². The lowest BCUT2D eigenvalue weighted by atomic mass is 10.3.